The van der Waals surface area contributed by atoms with E-state index < -0.39 is 15.8 Å². The van der Waals surface area contributed by atoms with E-state index in [1.54, 1.807) is 0 Å². The molecule has 1 rings (SSSR count). The highest BCUT2D eigenvalue weighted by atomic mass is 32.2. The number of furan rings is 1. The third-order valence-corrected chi connectivity index (χ3v) is 4.53. The van der Waals surface area contributed by atoms with E-state index >= 15 is 0 Å². The van der Waals surface area contributed by atoms with E-state index in [1.807, 2.05) is 6.92 Å². The average Bonchev–Trinajstić information content (AvgIpc) is 2.67. The molecule has 0 spiro atoms. The molecule has 0 amide bonds. The maximum atomic E-state index is 11.6. The molecule has 0 aromatic carbocycles. The molecule has 90 valence electrons. The van der Waals surface area contributed by atoms with Gasteiger partial charge in [-0.05, 0) is 17.9 Å². The number of thioether (sulfide) groups is 1. The monoisotopic (exact) mass is 264 g/mol. The summed E-state index contributed by atoms with van der Waals surface area (Å²) in [6.07, 6.45) is 0. The summed E-state index contributed by atoms with van der Waals surface area (Å²) in [6, 6.07) is 2.32. The van der Waals surface area contributed by atoms with Gasteiger partial charge in [-0.2, -0.15) is 11.8 Å². The van der Waals surface area contributed by atoms with Gasteiger partial charge in [0, 0.05) is 5.75 Å². The van der Waals surface area contributed by atoms with E-state index in [0.29, 0.717) is 5.75 Å². The Morgan fingerprint density at radius 2 is 2.19 bits per heavy atom. The van der Waals surface area contributed by atoms with E-state index in [9.17, 15) is 13.2 Å². The van der Waals surface area contributed by atoms with E-state index in [1.165, 1.54) is 17.8 Å². The summed E-state index contributed by atoms with van der Waals surface area (Å²) in [5.74, 6) is -0.361. The molecule has 0 unspecified atom stereocenters. The van der Waals surface area contributed by atoms with Gasteiger partial charge in [0.1, 0.15) is 0 Å². The Morgan fingerprint density at radius 1 is 1.50 bits per heavy atom. The van der Waals surface area contributed by atoms with Crippen LogP contribution in [0.25, 0.3) is 0 Å². The lowest BCUT2D eigenvalue weighted by atomic mass is 10.5. The van der Waals surface area contributed by atoms with Gasteiger partial charge in [-0.1, -0.05) is 6.92 Å². The highest BCUT2D eigenvalue weighted by Gasteiger charge is 2.20. The fraction of sp³-hybridized carbons (Fsp3) is 0.444. The van der Waals surface area contributed by atoms with E-state index in [-0.39, 0.29) is 16.6 Å². The van der Waals surface area contributed by atoms with Gasteiger partial charge in [0.25, 0.3) is 0 Å². The van der Waals surface area contributed by atoms with Crippen molar-refractivity contribution >= 4 is 27.6 Å². The fourth-order valence-electron chi connectivity index (χ4n) is 1.02. The van der Waals surface area contributed by atoms with Crippen LogP contribution in [0.3, 0.4) is 0 Å². The third kappa shape index (κ3) is 3.28. The van der Waals surface area contributed by atoms with Gasteiger partial charge >= 0.3 is 5.97 Å². The van der Waals surface area contributed by atoms with Gasteiger partial charge in [0.15, 0.2) is 0 Å². The van der Waals surface area contributed by atoms with Crippen LogP contribution in [0, 0.1) is 0 Å². The topological polar surface area (TPSA) is 84.6 Å². The van der Waals surface area contributed by atoms with Crippen LogP contribution in [-0.2, 0) is 9.84 Å². The standard InChI is InChI=1S/C9H12O5S2/c1-2-15-5-6-16(12,13)8-4-3-7(14-8)9(10)11/h3-4H,2,5-6H2,1H3,(H,10,11). The van der Waals surface area contributed by atoms with Crippen molar-refractivity contribution in [3.8, 4) is 0 Å². The van der Waals surface area contributed by atoms with E-state index in [0.717, 1.165) is 11.8 Å². The summed E-state index contributed by atoms with van der Waals surface area (Å²) in [7, 11) is -3.50. The Kier molecular flexibility index (Phi) is 4.43. The number of sulfone groups is 1. The number of rotatable bonds is 6. The number of carboxylic acids is 1. The molecule has 0 aliphatic rings. The van der Waals surface area contributed by atoms with Gasteiger partial charge < -0.3 is 9.52 Å². The summed E-state index contributed by atoms with van der Waals surface area (Å²) < 4.78 is 28.0. The maximum absolute atomic E-state index is 11.6. The van der Waals surface area contributed by atoms with Gasteiger partial charge in [-0.25, -0.2) is 13.2 Å². The summed E-state index contributed by atoms with van der Waals surface area (Å²) >= 11 is 1.51. The minimum Gasteiger partial charge on any atom is -0.475 e. The summed E-state index contributed by atoms with van der Waals surface area (Å²) in [5, 5.41) is 8.31. The SMILES string of the molecule is CCSCCS(=O)(=O)c1ccc(C(=O)O)o1. The molecule has 0 saturated heterocycles. The molecular formula is C9H12O5S2. The number of carbonyl (C=O) groups is 1. The quantitative estimate of drug-likeness (QED) is 0.784. The lowest BCUT2D eigenvalue weighted by Gasteiger charge is -1.99. The zero-order valence-electron chi connectivity index (χ0n) is 8.67. The second kappa shape index (κ2) is 5.40. The molecule has 1 aromatic rings. The average molecular weight is 264 g/mol. The molecule has 5 nitrogen and oxygen atoms in total. The molecule has 16 heavy (non-hydrogen) atoms. The van der Waals surface area contributed by atoms with Crippen LogP contribution in [0.2, 0.25) is 0 Å². The number of aromatic carboxylic acids is 1. The summed E-state index contributed by atoms with van der Waals surface area (Å²) in [6.45, 7) is 1.94. The molecule has 0 bridgehead atoms. The molecule has 0 atom stereocenters. The lowest BCUT2D eigenvalue weighted by Crippen LogP contribution is -2.08. The van der Waals surface area contributed by atoms with Crippen molar-refractivity contribution < 1.29 is 22.7 Å². The molecule has 1 N–H and O–H groups in total. The Hall–Kier alpha value is -0.950. The number of hydrogen-bond donors (Lipinski definition) is 1. The molecule has 0 radical (unpaired) electrons. The van der Waals surface area contributed by atoms with Crippen LogP contribution in [0.15, 0.2) is 21.6 Å². The predicted molar refractivity (Wildman–Crippen MR) is 60.7 cm³/mol. The Bertz CT molecular complexity index is 460. The second-order valence-electron chi connectivity index (χ2n) is 2.94. The Labute approximate surface area is 97.8 Å². The fourth-order valence-corrected chi connectivity index (χ4v) is 3.35. The zero-order valence-corrected chi connectivity index (χ0v) is 10.3. The second-order valence-corrected chi connectivity index (χ2v) is 6.37. The van der Waals surface area contributed by atoms with Crippen LogP contribution in [0.4, 0.5) is 0 Å². The van der Waals surface area contributed by atoms with Crippen molar-refractivity contribution in [3.63, 3.8) is 0 Å². The maximum Gasteiger partial charge on any atom is 0.371 e. The Morgan fingerprint density at radius 3 is 2.69 bits per heavy atom. The summed E-state index contributed by atoms with van der Waals surface area (Å²) in [5.41, 5.74) is 0. The van der Waals surface area contributed by atoms with Crippen molar-refractivity contribution in [1.82, 2.24) is 0 Å². The highest BCUT2D eigenvalue weighted by Crippen LogP contribution is 2.16. The van der Waals surface area contributed by atoms with Crippen LogP contribution in [0.1, 0.15) is 17.5 Å². The number of carboxylic acid groups (broad SMARTS) is 1. The van der Waals surface area contributed by atoms with Crippen molar-refractivity contribution in [2.45, 2.75) is 12.0 Å². The van der Waals surface area contributed by atoms with Gasteiger partial charge in [-0.3, -0.25) is 0 Å². The molecular weight excluding hydrogens is 252 g/mol. The minimum atomic E-state index is -3.50. The molecule has 7 heteroatoms. The van der Waals surface area contributed by atoms with Crippen molar-refractivity contribution in [1.29, 1.82) is 0 Å². The number of hydrogen-bond acceptors (Lipinski definition) is 5. The van der Waals surface area contributed by atoms with Gasteiger partial charge in [0.05, 0.1) is 5.75 Å². The largest absolute Gasteiger partial charge is 0.475 e. The van der Waals surface area contributed by atoms with E-state index in [2.05, 4.69) is 0 Å². The molecule has 1 aromatic heterocycles. The minimum absolute atomic E-state index is 0.0436. The molecule has 0 saturated carbocycles. The van der Waals surface area contributed by atoms with Crippen LogP contribution in [0.5, 0.6) is 0 Å². The predicted octanol–water partition coefficient (Wildman–Crippen LogP) is 1.50. The normalized spacial score (nSPS) is 11.6. The molecule has 0 aliphatic heterocycles. The van der Waals surface area contributed by atoms with Crippen LogP contribution in [-0.4, -0.2) is 36.8 Å². The first kappa shape index (κ1) is 13.1. The Balaban J connectivity index is 2.78. The summed E-state index contributed by atoms with van der Waals surface area (Å²) in [4.78, 5) is 10.5. The molecule has 0 fully saturated rings. The lowest BCUT2D eigenvalue weighted by molar-refractivity contribution is 0.0656. The first-order valence-electron chi connectivity index (χ1n) is 4.61. The van der Waals surface area contributed by atoms with Crippen LogP contribution < -0.4 is 0 Å². The zero-order chi connectivity index (χ0) is 12.2. The van der Waals surface area contributed by atoms with Crippen LogP contribution >= 0.6 is 11.8 Å². The van der Waals surface area contributed by atoms with E-state index in [4.69, 9.17) is 9.52 Å². The van der Waals surface area contributed by atoms with Gasteiger partial charge in [0.2, 0.25) is 20.7 Å². The molecule has 0 aliphatic carbocycles. The smallest absolute Gasteiger partial charge is 0.371 e. The first-order valence-corrected chi connectivity index (χ1v) is 7.41. The van der Waals surface area contributed by atoms with Crippen molar-refractivity contribution in [2.24, 2.45) is 0 Å². The van der Waals surface area contributed by atoms with Crippen molar-refractivity contribution in [3.05, 3.63) is 17.9 Å². The van der Waals surface area contributed by atoms with Crippen molar-refractivity contribution in [2.75, 3.05) is 17.3 Å². The first-order chi connectivity index (χ1) is 7.47. The molecule has 1 heterocycles. The third-order valence-electron chi connectivity index (χ3n) is 1.80. The van der Waals surface area contributed by atoms with Gasteiger partial charge in [-0.15, -0.1) is 0 Å². The highest BCUT2D eigenvalue weighted by molar-refractivity contribution is 8.00.